The summed E-state index contributed by atoms with van der Waals surface area (Å²) in [4.78, 5) is 35.1. The molecule has 9 heteroatoms. The molecule has 0 bridgehead atoms. The highest BCUT2D eigenvalue weighted by Crippen LogP contribution is 2.27. The van der Waals surface area contributed by atoms with Crippen LogP contribution in [0.25, 0.3) is 0 Å². The minimum absolute atomic E-state index is 0.0143. The van der Waals surface area contributed by atoms with Crippen molar-refractivity contribution in [1.82, 2.24) is 19.7 Å². The molecule has 0 unspecified atom stereocenters. The van der Waals surface area contributed by atoms with Crippen molar-refractivity contribution in [3.63, 3.8) is 0 Å². The number of morpholine rings is 1. The highest BCUT2D eigenvalue weighted by atomic mass is 16.5. The van der Waals surface area contributed by atoms with E-state index in [1.54, 1.807) is 11.1 Å². The Kier molecular flexibility index (Phi) is 6.92. The number of amides is 3. The lowest BCUT2D eigenvalue weighted by molar-refractivity contribution is -0.132. The van der Waals surface area contributed by atoms with Crippen LogP contribution >= 0.6 is 0 Å². The maximum atomic E-state index is 12.6. The molecule has 3 saturated heterocycles. The third-order valence-electron chi connectivity index (χ3n) is 6.69. The molecule has 1 aromatic carbocycles. The fourth-order valence-corrected chi connectivity index (χ4v) is 4.59. The van der Waals surface area contributed by atoms with Crippen molar-refractivity contribution in [1.29, 1.82) is 0 Å². The molecule has 1 N–H and O–H groups in total. The van der Waals surface area contributed by atoms with E-state index in [0.717, 1.165) is 37.5 Å². The predicted octanol–water partition coefficient (Wildman–Crippen LogP) is 2.02. The fraction of sp³-hybridized carbons (Fsp3) is 0.480. The van der Waals surface area contributed by atoms with E-state index in [4.69, 9.17) is 9.47 Å². The maximum absolute atomic E-state index is 12.6. The Morgan fingerprint density at radius 3 is 2.56 bits per heavy atom. The van der Waals surface area contributed by atoms with Gasteiger partial charge < -0.3 is 24.6 Å². The maximum Gasteiger partial charge on any atom is 0.321 e. The molecule has 4 heterocycles. The summed E-state index contributed by atoms with van der Waals surface area (Å²) in [6, 6.07) is 11.3. The van der Waals surface area contributed by atoms with E-state index in [-0.39, 0.29) is 18.0 Å². The van der Waals surface area contributed by atoms with Crippen LogP contribution in [0.5, 0.6) is 5.75 Å². The Morgan fingerprint density at radius 1 is 1.03 bits per heavy atom. The quantitative estimate of drug-likeness (QED) is 0.703. The second-order valence-electron chi connectivity index (χ2n) is 9.10. The molecular formula is C25H31N5O4. The highest BCUT2D eigenvalue weighted by molar-refractivity contribution is 5.90. The molecule has 3 amide bonds. The third-order valence-corrected chi connectivity index (χ3v) is 6.69. The van der Waals surface area contributed by atoms with Crippen molar-refractivity contribution in [2.24, 2.45) is 0 Å². The second-order valence-corrected chi connectivity index (χ2v) is 9.10. The van der Waals surface area contributed by atoms with Crippen molar-refractivity contribution >= 4 is 17.6 Å². The Balaban J connectivity index is 1.05. The fourth-order valence-electron chi connectivity index (χ4n) is 4.59. The van der Waals surface area contributed by atoms with E-state index in [1.165, 1.54) is 5.56 Å². The predicted molar refractivity (Wildman–Crippen MR) is 127 cm³/mol. The van der Waals surface area contributed by atoms with Gasteiger partial charge >= 0.3 is 6.03 Å². The smallest absolute Gasteiger partial charge is 0.321 e. The first-order valence-corrected chi connectivity index (χ1v) is 11.9. The molecule has 180 valence electrons. The Labute approximate surface area is 199 Å². The topological polar surface area (TPSA) is 87.2 Å². The molecule has 9 nitrogen and oxygen atoms in total. The number of hydrogen-bond acceptors (Lipinski definition) is 6. The molecule has 0 radical (unpaired) electrons. The molecule has 1 atom stereocenters. The van der Waals surface area contributed by atoms with Gasteiger partial charge in [-0.15, -0.1) is 0 Å². The Hall–Kier alpha value is -3.17. The summed E-state index contributed by atoms with van der Waals surface area (Å²) in [5.41, 5.74) is 1.90. The zero-order valence-electron chi connectivity index (χ0n) is 19.3. The summed E-state index contributed by atoms with van der Waals surface area (Å²) in [5.74, 6) is 1.25. The molecule has 3 fully saturated rings. The first-order valence-electron chi connectivity index (χ1n) is 11.9. The van der Waals surface area contributed by atoms with Crippen LogP contribution < -0.4 is 10.1 Å². The normalized spacial score (nSPS) is 21.2. The van der Waals surface area contributed by atoms with Gasteiger partial charge in [0.05, 0.1) is 26.3 Å². The van der Waals surface area contributed by atoms with Crippen LogP contribution in [-0.2, 0) is 9.53 Å². The summed E-state index contributed by atoms with van der Waals surface area (Å²) in [6.45, 7) is 6.18. The molecule has 3 aliphatic rings. The van der Waals surface area contributed by atoms with Gasteiger partial charge in [0.2, 0.25) is 5.91 Å². The number of rotatable bonds is 6. The van der Waals surface area contributed by atoms with E-state index >= 15 is 0 Å². The minimum Gasteiger partial charge on any atom is -0.489 e. The number of anilines is 1. The van der Waals surface area contributed by atoms with Gasteiger partial charge in [-0.2, -0.15) is 0 Å². The standard InChI is InChI=1S/C25H31N5O4/c31-24(18-28-10-12-33-13-11-28)29-9-7-23(17-29)34-22-5-3-21(4-6-22)27-25(32)30-15-20(16-30)19-2-1-8-26-14-19/h1-6,8,14,20,23H,7,9-13,15-18H2,(H,27,32)/t23-/m1/s1. The summed E-state index contributed by atoms with van der Waals surface area (Å²) >= 11 is 0. The SMILES string of the molecule is O=C(CN1CCOCC1)N1CC[C@@H](Oc2ccc(NC(=O)N3CC(c4cccnc4)C3)cc2)C1. The Morgan fingerprint density at radius 2 is 1.82 bits per heavy atom. The molecule has 5 rings (SSSR count). The van der Waals surface area contributed by atoms with Gasteiger partial charge in [0.25, 0.3) is 0 Å². The average molecular weight is 466 g/mol. The van der Waals surface area contributed by atoms with E-state index < -0.39 is 0 Å². The first kappa shape index (κ1) is 22.6. The van der Waals surface area contributed by atoms with Crippen LogP contribution in [0, 0.1) is 0 Å². The van der Waals surface area contributed by atoms with E-state index in [2.05, 4.69) is 21.3 Å². The largest absolute Gasteiger partial charge is 0.489 e. The van der Waals surface area contributed by atoms with Gasteiger partial charge in [0.1, 0.15) is 11.9 Å². The third kappa shape index (κ3) is 5.48. The lowest BCUT2D eigenvalue weighted by atomic mass is 9.93. The lowest BCUT2D eigenvalue weighted by Gasteiger charge is -2.39. The van der Waals surface area contributed by atoms with E-state index in [0.29, 0.717) is 45.3 Å². The number of urea groups is 1. The highest BCUT2D eigenvalue weighted by Gasteiger charge is 2.32. The molecule has 0 spiro atoms. The molecule has 2 aromatic rings. The molecule has 34 heavy (non-hydrogen) atoms. The monoisotopic (exact) mass is 465 g/mol. The van der Waals surface area contributed by atoms with Crippen LogP contribution in [0.2, 0.25) is 0 Å². The van der Waals surface area contributed by atoms with Crippen LogP contribution in [-0.4, -0.2) is 96.8 Å². The number of carbonyl (C=O) groups is 2. The van der Waals surface area contributed by atoms with Gasteiger partial charge in [-0.3, -0.25) is 14.7 Å². The van der Waals surface area contributed by atoms with Crippen LogP contribution in [0.15, 0.2) is 48.8 Å². The van der Waals surface area contributed by atoms with Crippen LogP contribution in [0.4, 0.5) is 10.5 Å². The summed E-state index contributed by atoms with van der Waals surface area (Å²) < 4.78 is 11.4. The van der Waals surface area contributed by atoms with Crippen LogP contribution in [0.3, 0.4) is 0 Å². The van der Waals surface area contributed by atoms with Gasteiger partial charge in [0, 0.05) is 63.1 Å². The number of ether oxygens (including phenoxy) is 2. The van der Waals surface area contributed by atoms with Gasteiger partial charge in [-0.05, 0) is 35.9 Å². The lowest BCUT2D eigenvalue weighted by Crippen LogP contribution is -2.50. The molecule has 0 saturated carbocycles. The van der Waals surface area contributed by atoms with Crippen molar-refractivity contribution in [3.05, 3.63) is 54.4 Å². The van der Waals surface area contributed by atoms with Crippen molar-refractivity contribution in [2.45, 2.75) is 18.4 Å². The number of pyridine rings is 1. The zero-order chi connectivity index (χ0) is 23.3. The van der Waals surface area contributed by atoms with E-state index in [9.17, 15) is 9.59 Å². The van der Waals surface area contributed by atoms with Crippen molar-refractivity contribution < 1.29 is 19.1 Å². The molecule has 1 aromatic heterocycles. The number of benzene rings is 1. The summed E-state index contributed by atoms with van der Waals surface area (Å²) in [5, 5.41) is 2.95. The Bertz CT molecular complexity index is 975. The summed E-state index contributed by atoms with van der Waals surface area (Å²) in [7, 11) is 0. The number of likely N-dealkylation sites (tertiary alicyclic amines) is 2. The van der Waals surface area contributed by atoms with E-state index in [1.807, 2.05) is 41.4 Å². The van der Waals surface area contributed by atoms with Gasteiger partial charge in [0.15, 0.2) is 0 Å². The second kappa shape index (κ2) is 10.4. The number of nitrogens with zero attached hydrogens (tertiary/aromatic N) is 4. The molecule has 0 aliphatic carbocycles. The minimum atomic E-state index is -0.0981. The van der Waals surface area contributed by atoms with Gasteiger partial charge in [-0.25, -0.2) is 4.79 Å². The number of aromatic nitrogens is 1. The number of carbonyl (C=O) groups excluding carboxylic acids is 2. The number of hydrogen-bond donors (Lipinski definition) is 1. The average Bonchev–Trinajstić information content (AvgIpc) is 3.29. The van der Waals surface area contributed by atoms with Crippen molar-refractivity contribution in [3.8, 4) is 5.75 Å². The van der Waals surface area contributed by atoms with Crippen molar-refractivity contribution in [2.75, 3.05) is 64.3 Å². The molecular weight excluding hydrogens is 434 g/mol. The van der Waals surface area contributed by atoms with Gasteiger partial charge in [-0.1, -0.05) is 6.07 Å². The first-order chi connectivity index (χ1) is 16.6. The molecule has 3 aliphatic heterocycles. The van der Waals surface area contributed by atoms with Crippen LogP contribution in [0.1, 0.15) is 17.9 Å². The summed E-state index contributed by atoms with van der Waals surface area (Å²) in [6.07, 6.45) is 4.43. The zero-order valence-corrected chi connectivity index (χ0v) is 19.3. The number of nitrogens with one attached hydrogen (secondary N) is 1.